The lowest BCUT2D eigenvalue weighted by atomic mass is 10.1. The number of ether oxygens (including phenoxy) is 3. The summed E-state index contributed by atoms with van der Waals surface area (Å²) in [5.41, 5.74) is 0.116. The van der Waals surface area contributed by atoms with Crippen LogP contribution in [0.15, 0.2) is 30.3 Å². The highest BCUT2D eigenvalue weighted by atomic mass is 16.6. The van der Waals surface area contributed by atoms with Gasteiger partial charge in [0.05, 0.1) is 7.11 Å². The zero-order valence-corrected chi connectivity index (χ0v) is 15.0. The minimum absolute atomic E-state index is 0.0304. The van der Waals surface area contributed by atoms with E-state index < -0.39 is 29.7 Å². The van der Waals surface area contributed by atoms with Crippen LogP contribution in [0.4, 0.5) is 4.79 Å². The highest BCUT2D eigenvalue weighted by molar-refractivity contribution is 5.82. The highest BCUT2D eigenvalue weighted by Crippen LogP contribution is 2.10. The van der Waals surface area contributed by atoms with Gasteiger partial charge in [-0.05, 0) is 32.8 Å². The van der Waals surface area contributed by atoms with E-state index in [4.69, 9.17) is 9.47 Å². The number of rotatable bonds is 7. The van der Waals surface area contributed by atoms with Crippen LogP contribution in [0.2, 0.25) is 0 Å². The predicted molar refractivity (Wildman–Crippen MR) is 90.6 cm³/mol. The summed E-state index contributed by atoms with van der Waals surface area (Å²) in [6.45, 7) is 5.21. The first-order chi connectivity index (χ1) is 11.7. The molecule has 1 atom stereocenters. The SMILES string of the molecule is COC(=O)CC[C@@H](NC(=O)OC(C)(C)C)C(=O)OCc1ccccc1. The first-order valence-corrected chi connectivity index (χ1v) is 7.98. The molecule has 25 heavy (non-hydrogen) atoms. The molecule has 0 aliphatic heterocycles. The predicted octanol–water partition coefficient (Wildman–Crippen LogP) is 2.58. The van der Waals surface area contributed by atoms with Crippen LogP contribution in [0.3, 0.4) is 0 Å². The molecule has 1 aromatic carbocycles. The molecule has 0 aliphatic rings. The lowest BCUT2D eigenvalue weighted by molar-refractivity contribution is -0.148. The normalized spacial score (nSPS) is 12.0. The van der Waals surface area contributed by atoms with E-state index in [9.17, 15) is 14.4 Å². The molecule has 0 unspecified atom stereocenters. The maximum atomic E-state index is 12.3. The number of carbonyl (C=O) groups excluding carboxylic acids is 3. The van der Waals surface area contributed by atoms with Gasteiger partial charge < -0.3 is 19.5 Å². The molecule has 0 aliphatic carbocycles. The van der Waals surface area contributed by atoms with E-state index in [0.29, 0.717) is 0 Å². The second-order valence-corrected chi connectivity index (χ2v) is 6.41. The van der Waals surface area contributed by atoms with Crippen molar-refractivity contribution < 1.29 is 28.6 Å². The molecule has 1 amide bonds. The molecule has 0 radical (unpaired) electrons. The van der Waals surface area contributed by atoms with Gasteiger partial charge in [0, 0.05) is 6.42 Å². The second kappa shape index (κ2) is 9.66. The highest BCUT2D eigenvalue weighted by Gasteiger charge is 2.26. The van der Waals surface area contributed by atoms with Gasteiger partial charge in [-0.15, -0.1) is 0 Å². The van der Waals surface area contributed by atoms with E-state index in [-0.39, 0.29) is 19.4 Å². The van der Waals surface area contributed by atoms with Crippen molar-refractivity contribution in [1.29, 1.82) is 0 Å². The number of alkyl carbamates (subject to hydrolysis) is 1. The fourth-order valence-corrected chi connectivity index (χ4v) is 1.89. The van der Waals surface area contributed by atoms with Crippen molar-refractivity contribution >= 4 is 18.0 Å². The van der Waals surface area contributed by atoms with Crippen LogP contribution in [0.25, 0.3) is 0 Å². The summed E-state index contributed by atoms with van der Waals surface area (Å²) in [7, 11) is 1.26. The molecule has 1 N–H and O–H groups in total. The monoisotopic (exact) mass is 351 g/mol. The maximum absolute atomic E-state index is 12.3. The number of benzene rings is 1. The van der Waals surface area contributed by atoms with E-state index in [2.05, 4.69) is 10.1 Å². The zero-order chi connectivity index (χ0) is 18.9. The smallest absolute Gasteiger partial charge is 0.408 e. The first-order valence-electron chi connectivity index (χ1n) is 7.98. The van der Waals surface area contributed by atoms with Gasteiger partial charge in [-0.3, -0.25) is 4.79 Å². The minimum atomic E-state index is -1.00. The standard InChI is InChI=1S/C18H25NO6/c1-18(2,3)25-17(22)19-14(10-11-15(20)23-4)16(21)24-12-13-8-6-5-7-9-13/h5-9,14H,10-12H2,1-4H3,(H,19,22)/t14-/m1/s1. The topological polar surface area (TPSA) is 90.9 Å². The van der Waals surface area contributed by atoms with Crippen LogP contribution >= 0.6 is 0 Å². The number of esters is 2. The van der Waals surface area contributed by atoms with Crippen molar-refractivity contribution in [2.75, 3.05) is 7.11 Å². The summed E-state index contributed by atoms with van der Waals surface area (Å²) in [6.07, 6.45) is -0.726. The molecule has 0 spiro atoms. The summed E-state index contributed by atoms with van der Waals surface area (Å²) in [6, 6.07) is 8.15. The van der Waals surface area contributed by atoms with Crippen LogP contribution in [0.1, 0.15) is 39.2 Å². The van der Waals surface area contributed by atoms with Crippen molar-refractivity contribution in [2.45, 2.75) is 51.9 Å². The van der Waals surface area contributed by atoms with Crippen molar-refractivity contribution in [2.24, 2.45) is 0 Å². The van der Waals surface area contributed by atoms with Crippen LogP contribution in [-0.2, 0) is 30.4 Å². The van der Waals surface area contributed by atoms with Gasteiger partial charge in [0.1, 0.15) is 18.2 Å². The van der Waals surface area contributed by atoms with Crippen LogP contribution in [-0.4, -0.2) is 36.8 Å². The molecule has 0 heterocycles. The average molecular weight is 351 g/mol. The van der Waals surface area contributed by atoms with E-state index in [1.54, 1.807) is 20.8 Å². The lowest BCUT2D eigenvalue weighted by Gasteiger charge is -2.22. The quantitative estimate of drug-likeness (QED) is 0.600. The van der Waals surface area contributed by atoms with Crippen molar-refractivity contribution in [1.82, 2.24) is 5.32 Å². The Morgan fingerprint density at radius 1 is 1.12 bits per heavy atom. The van der Waals surface area contributed by atoms with Gasteiger partial charge in [-0.2, -0.15) is 0 Å². The molecule has 7 nitrogen and oxygen atoms in total. The Morgan fingerprint density at radius 2 is 1.76 bits per heavy atom. The van der Waals surface area contributed by atoms with Gasteiger partial charge in [-0.1, -0.05) is 30.3 Å². The molecule has 138 valence electrons. The molecule has 0 bridgehead atoms. The van der Waals surface area contributed by atoms with E-state index in [1.807, 2.05) is 30.3 Å². The lowest BCUT2D eigenvalue weighted by Crippen LogP contribution is -2.44. The Bertz CT molecular complexity index is 579. The Kier molecular flexibility index (Phi) is 7.91. The van der Waals surface area contributed by atoms with Gasteiger partial charge in [0.15, 0.2) is 0 Å². The number of methoxy groups -OCH3 is 1. The molecule has 0 saturated heterocycles. The van der Waals surface area contributed by atoms with Gasteiger partial charge in [0.25, 0.3) is 0 Å². The first kappa shape index (κ1) is 20.5. The van der Waals surface area contributed by atoms with E-state index in [0.717, 1.165) is 5.56 Å². The third kappa shape index (κ3) is 8.74. The second-order valence-electron chi connectivity index (χ2n) is 6.41. The number of amides is 1. The number of hydrogen-bond acceptors (Lipinski definition) is 6. The summed E-state index contributed by atoms with van der Waals surface area (Å²) >= 11 is 0. The van der Waals surface area contributed by atoms with Crippen LogP contribution in [0.5, 0.6) is 0 Å². The minimum Gasteiger partial charge on any atom is -0.469 e. The van der Waals surface area contributed by atoms with Gasteiger partial charge in [0.2, 0.25) is 0 Å². The third-order valence-corrected chi connectivity index (χ3v) is 3.06. The molecule has 0 aromatic heterocycles. The van der Waals surface area contributed by atoms with Crippen molar-refractivity contribution in [3.05, 3.63) is 35.9 Å². The number of carbonyl (C=O) groups is 3. The third-order valence-electron chi connectivity index (χ3n) is 3.06. The fraction of sp³-hybridized carbons (Fsp3) is 0.500. The number of nitrogens with one attached hydrogen (secondary N) is 1. The van der Waals surface area contributed by atoms with Crippen molar-refractivity contribution in [3.8, 4) is 0 Å². The molecule has 0 fully saturated rings. The Balaban J connectivity index is 2.66. The van der Waals surface area contributed by atoms with Gasteiger partial charge in [-0.25, -0.2) is 9.59 Å². The number of hydrogen-bond donors (Lipinski definition) is 1. The van der Waals surface area contributed by atoms with E-state index in [1.165, 1.54) is 7.11 Å². The average Bonchev–Trinajstić information content (AvgIpc) is 2.55. The largest absolute Gasteiger partial charge is 0.469 e. The molecule has 1 rings (SSSR count). The van der Waals surface area contributed by atoms with Crippen molar-refractivity contribution in [3.63, 3.8) is 0 Å². The summed E-state index contributed by atoms with van der Waals surface area (Å²) < 4.78 is 14.9. The zero-order valence-electron chi connectivity index (χ0n) is 15.0. The van der Waals surface area contributed by atoms with E-state index >= 15 is 0 Å². The maximum Gasteiger partial charge on any atom is 0.408 e. The molecular formula is C18H25NO6. The molecule has 0 saturated carbocycles. The van der Waals surface area contributed by atoms with Crippen LogP contribution in [0, 0.1) is 0 Å². The fourth-order valence-electron chi connectivity index (χ4n) is 1.89. The molecule has 7 heteroatoms. The Labute approximate surface area is 147 Å². The Hall–Kier alpha value is -2.57. The van der Waals surface area contributed by atoms with Gasteiger partial charge >= 0.3 is 18.0 Å². The van der Waals surface area contributed by atoms with Crippen LogP contribution < -0.4 is 5.32 Å². The summed E-state index contributed by atoms with van der Waals surface area (Å²) in [5.74, 6) is -1.12. The molecular weight excluding hydrogens is 326 g/mol. The molecule has 1 aromatic rings. The summed E-state index contributed by atoms with van der Waals surface area (Å²) in [5, 5.41) is 2.45. The Morgan fingerprint density at radius 3 is 2.32 bits per heavy atom. The summed E-state index contributed by atoms with van der Waals surface area (Å²) in [4.78, 5) is 35.5.